The molecule has 7 nitrogen and oxygen atoms in total. The van der Waals surface area contributed by atoms with Crippen molar-refractivity contribution < 1.29 is 4.79 Å². The third-order valence-corrected chi connectivity index (χ3v) is 3.19. The Labute approximate surface area is 141 Å². The third kappa shape index (κ3) is 3.99. The van der Waals surface area contributed by atoms with Gasteiger partial charge in [-0.1, -0.05) is 6.58 Å². The Morgan fingerprint density at radius 3 is 2.43 bits per heavy atom. The summed E-state index contributed by atoms with van der Waals surface area (Å²) < 4.78 is 0.234. The fraction of sp³-hybridized carbons (Fsp3) is 0. The predicted octanol–water partition coefficient (Wildman–Crippen LogP) is 2.71. The summed E-state index contributed by atoms with van der Waals surface area (Å²) in [4.78, 5) is 15.6. The third-order valence-electron chi connectivity index (χ3n) is 2.83. The molecular formula is C15H13BrN6O. The lowest BCUT2D eigenvalue weighted by molar-refractivity contribution is -0.112. The zero-order chi connectivity index (χ0) is 17.0. The van der Waals surface area contributed by atoms with E-state index >= 15 is 0 Å². The number of benzene rings is 1. The van der Waals surface area contributed by atoms with E-state index in [9.17, 15) is 4.79 Å². The second-order valence-corrected chi connectivity index (χ2v) is 5.49. The molecule has 1 heterocycles. The average Bonchev–Trinajstić information content (AvgIpc) is 2.48. The number of anilines is 5. The number of pyridine rings is 1. The van der Waals surface area contributed by atoms with Crippen molar-refractivity contribution in [2.24, 2.45) is 0 Å². The number of nitrogens with two attached hydrogens (primary N) is 2. The Balaban J connectivity index is 2.21. The van der Waals surface area contributed by atoms with E-state index < -0.39 is 0 Å². The molecule has 0 bridgehead atoms. The molecule has 8 heteroatoms. The molecular weight excluding hydrogens is 360 g/mol. The fourth-order valence-corrected chi connectivity index (χ4v) is 1.87. The molecule has 0 aliphatic rings. The van der Waals surface area contributed by atoms with Crippen molar-refractivity contribution in [1.29, 1.82) is 5.26 Å². The van der Waals surface area contributed by atoms with Gasteiger partial charge >= 0.3 is 0 Å². The van der Waals surface area contributed by atoms with Crippen molar-refractivity contribution in [2.75, 3.05) is 22.1 Å². The Morgan fingerprint density at radius 2 is 1.87 bits per heavy atom. The van der Waals surface area contributed by atoms with E-state index in [-0.39, 0.29) is 33.3 Å². The quantitative estimate of drug-likeness (QED) is 0.610. The molecule has 0 radical (unpaired) electrons. The lowest BCUT2D eigenvalue weighted by atomic mass is 10.2. The summed E-state index contributed by atoms with van der Waals surface area (Å²) in [7, 11) is 0. The average molecular weight is 373 g/mol. The van der Waals surface area contributed by atoms with Gasteiger partial charge in [0.1, 0.15) is 17.5 Å². The van der Waals surface area contributed by atoms with Crippen molar-refractivity contribution in [1.82, 2.24) is 4.98 Å². The van der Waals surface area contributed by atoms with E-state index in [4.69, 9.17) is 16.7 Å². The van der Waals surface area contributed by atoms with Crippen LogP contribution in [0.1, 0.15) is 5.56 Å². The summed E-state index contributed by atoms with van der Waals surface area (Å²) in [6.07, 6.45) is 0. The second kappa shape index (κ2) is 6.81. The molecule has 0 unspecified atom stereocenters. The number of nitriles is 1. The van der Waals surface area contributed by atoms with Crippen LogP contribution in [-0.2, 0) is 4.79 Å². The molecule has 1 aromatic carbocycles. The van der Waals surface area contributed by atoms with Crippen molar-refractivity contribution in [2.45, 2.75) is 0 Å². The summed E-state index contributed by atoms with van der Waals surface area (Å²) in [5, 5.41) is 14.8. The molecule has 2 aromatic rings. The Kier molecular flexibility index (Phi) is 4.83. The van der Waals surface area contributed by atoms with Gasteiger partial charge in [0.15, 0.2) is 5.82 Å². The minimum absolute atomic E-state index is 0.212. The maximum Gasteiger partial charge on any atom is 0.262 e. The Morgan fingerprint density at radius 1 is 1.26 bits per heavy atom. The van der Waals surface area contributed by atoms with Crippen LogP contribution < -0.4 is 22.1 Å². The SMILES string of the molecule is C=C(Br)C(=O)Nc1ccc(Nc2nc(N)cc(N)c2C#N)cc1. The van der Waals surface area contributed by atoms with Crippen LogP contribution in [0.25, 0.3) is 0 Å². The van der Waals surface area contributed by atoms with Crippen LogP contribution in [0.5, 0.6) is 0 Å². The van der Waals surface area contributed by atoms with E-state index in [0.717, 1.165) is 0 Å². The van der Waals surface area contributed by atoms with Gasteiger partial charge in [-0.2, -0.15) is 5.26 Å². The maximum atomic E-state index is 11.5. The second-order valence-electron chi connectivity index (χ2n) is 4.53. The van der Waals surface area contributed by atoms with Crippen LogP contribution in [0.4, 0.5) is 28.7 Å². The molecule has 0 spiro atoms. The van der Waals surface area contributed by atoms with Gasteiger partial charge in [0.25, 0.3) is 5.91 Å². The highest BCUT2D eigenvalue weighted by Gasteiger charge is 2.10. The monoisotopic (exact) mass is 372 g/mol. The van der Waals surface area contributed by atoms with Gasteiger partial charge in [0.05, 0.1) is 10.2 Å². The lowest BCUT2D eigenvalue weighted by Gasteiger charge is -2.11. The van der Waals surface area contributed by atoms with E-state index in [1.54, 1.807) is 24.3 Å². The highest BCUT2D eigenvalue weighted by Crippen LogP contribution is 2.25. The highest BCUT2D eigenvalue weighted by atomic mass is 79.9. The summed E-state index contributed by atoms with van der Waals surface area (Å²) in [5.74, 6) is 0.155. The van der Waals surface area contributed by atoms with Crippen molar-refractivity contribution in [3.05, 3.63) is 47.0 Å². The standard InChI is InChI=1S/C15H13BrN6O/c1-8(16)15(23)21-10-4-2-9(3-5-10)20-14-11(7-17)12(18)6-13(19)22-14/h2-6H,1H2,(H,21,23)(H5,18,19,20,22). The minimum Gasteiger partial charge on any atom is -0.397 e. The van der Waals surface area contributed by atoms with E-state index in [1.165, 1.54) is 6.07 Å². The Hall–Kier alpha value is -3.05. The summed E-state index contributed by atoms with van der Waals surface area (Å²) >= 11 is 3.00. The van der Waals surface area contributed by atoms with Gasteiger partial charge in [-0.15, -0.1) is 0 Å². The maximum absolute atomic E-state index is 11.5. The van der Waals surface area contributed by atoms with Gasteiger partial charge in [-0.05, 0) is 40.2 Å². The number of nitrogen functional groups attached to an aromatic ring is 2. The van der Waals surface area contributed by atoms with E-state index in [1.807, 2.05) is 6.07 Å². The summed E-state index contributed by atoms with van der Waals surface area (Å²) in [6, 6.07) is 10.2. The molecule has 1 aromatic heterocycles. The number of rotatable bonds is 4. The first-order valence-corrected chi connectivity index (χ1v) is 7.19. The number of amides is 1. The zero-order valence-corrected chi connectivity index (χ0v) is 13.5. The van der Waals surface area contributed by atoms with Crippen LogP contribution >= 0.6 is 15.9 Å². The van der Waals surface area contributed by atoms with Gasteiger partial charge in [-0.25, -0.2) is 4.98 Å². The molecule has 2 rings (SSSR count). The van der Waals surface area contributed by atoms with Gasteiger partial charge < -0.3 is 22.1 Å². The molecule has 0 saturated carbocycles. The topological polar surface area (TPSA) is 130 Å². The number of halogens is 1. The number of aromatic nitrogens is 1. The molecule has 1 amide bonds. The number of hydrogen-bond acceptors (Lipinski definition) is 6. The largest absolute Gasteiger partial charge is 0.397 e. The smallest absolute Gasteiger partial charge is 0.262 e. The van der Waals surface area contributed by atoms with Crippen molar-refractivity contribution in [3.8, 4) is 6.07 Å². The number of carbonyl (C=O) groups is 1. The normalized spacial score (nSPS) is 9.74. The minimum atomic E-state index is -0.331. The zero-order valence-electron chi connectivity index (χ0n) is 11.9. The first kappa shape index (κ1) is 16.3. The summed E-state index contributed by atoms with van der Waals surface area (Å²) in [6.45, 7) is 3.49. The van der Waals surface area contributed by atoms with Crippen LogP contribution in [0, 0.1) is 11.3 Å². The lowest BCUT2D eigenvalue weighted by Crippen LogP contribution is -2.10. The first-order chi connectivity index (χ1) is 10.9. The summed E-state index contributed by atoms with van der Waals surface area (Å²) in [5.41, 5.74) is 13.1. The molecule has 0 fully saturated rings. The number of nitrogens with one attached hydrogen (secondary N) is 2. The van der Waals surface area contributed by atoms with Gasteiger partial charge in [0, 0.05) is 17.4 Å². The molecule has 116 valence electrons. The molecule has 0 saturated heterocycles. The number of nitrogens with zero attached hydrogens (tertiary/aromatic N) is 2. The van der Waals surface area contributed by atoms with Crippen LogP contribution in [0.3, 0.4) is 0 Å². The van der Waals surface area contributed by atoms with Crippen molar-refractivity contribution in [3.63, 3.8) is 0 Å². The molecule has 6 N–H and O–H groups in total. The molecule has 0 aliphatic heterocycles. The molecule has 23 heavy (non-hydrogen) atoms. The van der Waals surface area contributed by atoms with E-state index in [2.05, 4.69) is 38.1 Å². The molecule has 0 atom stereocenters. The molecule has 0 aliphatic carbocycles. The number of carbonyl (C=O) groups excluding carboxylic acids is 1. The van der Waals surface area contributed by atoms with E-state index in [0.29, 0.717) is 11.4 Å². The fourth-order valence-electron chi connectivity index (χ4n) is 1.77. The van der Waals surface area contributed by atoms with Crippen molar-refractivity contribution >= 4 is 50.5 Å². The Bertz CT molecular complexity index is 810. The van der Waals surface area contributed by atoms with Gasteiger partial charge in [-0.3, -0.25) is 4.79 Å². The van der Waals surface area contributed by atoms with Crippen LogP contribution in [0.15, 0.2) is 41.4 Å². The predicted molar refractivity (Wildman–Crippen MR) is 94.2 cm³/mol. The first-order valence-electron chi connectivity index (χ1n) is 6.39. The van der Waals surface area contributed by atoms with Crippen LogP contribution in [0.2, 0.25) is 0 Å². The highest BCUT2D eigenvalue weighted by molar-refractivity contribution is 9.12. The van der Waals surface area contributed by atoms with Crippen LogP contribution in [-0.4, -0.2) is 10.9 Å². The van der Waals surface area contributed by atoms with Gasteiger partial charge in [0.2, 0.25) is 0 Å². The number of hydrogen-bond donors (Lipinski definition) is 4.